The predicted molar refractivity (Wildman–Crippen MR) is 100 cm³/mol. The number of nitrogens with one attached hydrogen (secondary N) is 1. The summed E-state index contributed by atoms with van der Waals surface area (Å²) in [4.78, 5) is 14.3. The summed E-state index contributed by atoms with van der Waals surface area (Å²) in [5.74, 6) is 1.25. The van der Waals surface area contributed by atoms with E-state index in [4.69, 9.17) is 0 Å². The van der Waals surface area contributed by atoms with Crippen LogP contribution in [0.5, 0.6) is 0 Å². The van der Waals surface area contributed by atoms with Crippen molar-refractivity contribution in [1.82, 2.24) is 15.1 Å². The summed E-state index contributed by atoms with van der Waals surface area (Å²) < 4.78 is 0.823. The van der Waals surface area contributed by atoms with Crippen LogP contribution in [0.15, 0.2) is 28.6 Å². The van der Waals surface area contributed by atoms with Gasteiger partial charge in [0, 0.05) is 18.8 Å². The molecule has 1 aliphatic rings. The molecule has 1 fully saturated rings. The van der Waals surface area contributed by atoms with E-state index in [0.717, 1.165) is 34.7 Å². The van der Waals surface area contributed by atoms with Gasteiger partial charge in [0.15, 0.2) is 4.34 Å². The van der Waals surface area contributed by atoms with E-state index in [1.807, 2.05) is 17.0 Å². The Morgan fingerprint density at radius 2 is 2.33 bits per heavy atom. The molecule has 5 nitrogen and oxygen atoms in total. The van der Waals surface area contributed by atoms with Gasteiger partial charge in [-0.3, -0.25) is 4.79 Å². The number of aromatic nitrogens is 2. The van der Waals surface area contributed by atoms with Crippen LogP contribution < -0.4 is 5.32 Å². The van der Waals surface area contributed by atoms with E-state index in [1.165, 1.54) is 35.1 Å². The molecule has 128 valence electrons. The van der Waals surface area contributed by atoms with Crippen LogP contribution in [-0.2, 0) is 4.79 Å². The van der Waals surface area contributed by atoms with Crippen LogP contribution in [-0.4, -0.2) is 39.8 Å². The van der Waals surface area contributed by atoms with E-state index in [2.05, 4.69) is 41.5 Å². The first-order chi connectivity index (χ1) is 11.6. The molecule has 0 radical (unpaired) electrons. The largest absolute Gasteiger partial charge is 0.342 e. The number of hydrogen-bond donors (Lipinski definition) is 1. The third-order valence-corrected chi connectivity index (χ3v) is 5.96. The molecule has 1 N–H and O–H groups in total. The molecule has 1 atom stereocenters. The van der Waals surface area contributed by atoms with Crippen molar-refractivity contribution in [3.63, 3.8) is 0 Å². The minimum Gasteiger partial charge on any atom is -0.342 e. The normalized spacial score (nSPS) is 17.8. The maximum absolute atomic E-state index is 12.3. The Bertz CT molecular complexity index is 703. The number of likely N-dealkylation sites (tertiary alicyclic amines) is 1. The lowest BCUT2D eigenvalue weighted by Gasteiger charge is -2.30. The zero-order valence-corrected chi connectivity index (χ0v) is 15.6. The Morgan fingerprint density at radius 3 is 3.12 bits per heavy atom. The highest BCUT2D eigenvalue weighted by molar-refractivity contribution is 8.01. The van der Waals surface area contributed by atoms with Crippen molar-refractivity contribution < 1.29 is 4.79 Å². The van der Waals surface area contributed by atoms with Gasteiger partial charge < -0.3 is 10.2 Å². The van der Waals surface area contributed by atoms with Gasteiger partial charge in [0.2, 0.25) is 11.0 Å². The zero-order valence-electron chi connectivity index (χ0n) is 14.0. The Kier molecular flexibility index (Phi) is 5.73. The molecular formula is C17H22N4OS2. The minimum absolute atomic E-state index is 0.204. The van der Waals surface area contributed by atoms with Crippen molar-refractivity contribution in [1.29, 1.82) is 0 Å². The summed E-state index contributed by atoms with van der Waals surface area (Å²) in [5, 5.41) is 12.3. The number of thioether (sulfide) groups is 1. The van der Waals surface area contributed by atoms with Gasteiger partial charge in [0.25, 0.3) is 0 Å². The first kappa shape index (κ1) is 17.2. The fraction of sp³-hybridized carbons (Fsp3) is 0.471. The second-order valence-corrected chi connectivity index (χ2v) is 8.44. The third kappa shape index (κ3) is 4.70. The predicted octanol–water partition coefficient (Wildman–Crippen LogP) is 3.94. The lowest BCUT2D eigenvalue weighted by molar-refractivity contribution is -0.130. The molecule has 2 aromatic rings. The maximum Gasteiger partial charge on any atom is 0.233 e. The number of rotatable bonds is 5. The van der Waals surface area contributed by atoms with Gasteiger partial charge in [-0.25, -0.2) is 0 Å². The molecule has 7 heteroatoms. The second kappa shape index (κ2) is 7.98. The van der Waals surface area contributed by atoms with Gasteiger partial charge in [-0.15, -0.1) is 10.2 Å². The highest BCUT2D eigenvalue weighted by atomic mass is 32.2. The molecular weight excluding hydrogens is 340 g/mol. The molecule has 1 aromatic carbocycles. The average molecular weight is 363 g/mol. The van der Waals surface area contributed by atoms with Gasteiger partial charge in [-0.05, 0) is 43.4 Å². The molecule has 0 bridgehead atoms. The first-order valence-corrected chi connectivity index (χ1v) is 9.98. The lowest BCUT2D eigenvalue weighted by atomic mass is 10.0. The van der Waals surface area contributed by atoms with E-state index >= 15 is 0 Å². The number of carbonyl (C=O) groups excluding carboxylic acids is 1. The molecule has 24 heavy (non-hydrogen) atoms. The fourth-order valence-electron chi connectivity index (χ4n) is 2.80. The van der Waals surface area contributed by atoms with Crippen molar-refractivity contribution in [3.8, 4) is 0 Å². The average Bonchev–Trinajstić information content (AvgIpc) is 3.00. The first-order valence-electron chi connectivity index (χ1n) is 8.18. The van der Waals surface area contributed by atoms with Crippen molar-refractivity contribution in [2.24, 2.45) is 5.92 Å². The molecule has 0 unspecified atom stereocenters. The van der Waals surface area contributed by atoms with Crippen LogP contribution in [0.1, 0.15) is 25.3 Å². The van der Waals surface area contributed by atoms with Gasteiger partial charge in [-0.1, -0.05) is 42.2 Å². The number of carbonyl (C=O) groups is 1. The maximum atomic E-state index is 12.3. The Labute approximate surface area is 150 Å². The Hall–Kier alpha value is -1.60. The summed E-state index contributed by atoms with van der Waals surface area (Å²) in [5.41, 5.74) is 2.20. The van der Waals surface area contributed by atoms with Crippen LogP contribution in [0, 0.1) is 12.8 Å². The molecule has 1 aromatic heterocycles. The van der Waals surface area contributed by atoms with Crippen molar-refractivity contribution >= 4 is 39.8 Å². The van der Waals surface area contributed by atoms with Crippen molar-refractivity contribution in [2.75, 3.05) is 24.2 Å². The summed E-state index contributed by atoms with van der Waals surface area (Å²) in [6, 6.07) is 8.13. The number of benzene rings is 1. The standard InChI is InChI=1S/C17H22N4OS2/c1-12-5-3-7-14(9-12)18-16-19-20-17(24-16)23-11-15(22)21-8-4-6-13(2)10-21/h3,5,7,9,13H,4,6,8,10-11H2,1-2H3,(H,18,19)/t13-/m0/s1. The minimum atomic E-state index is 0.204. The van der Waals surface area contributed by atoms with E-state index in [-0.39, 0.29) is 5.91 Å². The van der Waals surface area contributed by atoms with Gasteiger partial charge >= 0.3 is 0 Å². The van der Waals surface area contributed by atoms with E-state index in [1.54, 1.807) is 0 Å². The zero-order chi connectivity index (χ0) is 16.9. The van der Waals surface area contributed by atoms with Crippen LogP contribution in [0.3, 0.4) is 0 Å². The van der Waals surface area contributed by atoms with Crippen LogP contribution >= 0.6 is 23.1 Å². The van der Waals surface area contributed by atoms with Crippen LogP contribution in [0.4, 0.5) is 10.8 Å². The molecule has 0 aliphatic carbocycles. The van der Waals surface area contributed by atoms with Gasteiger partial charge in [-0.2, -0.15) is 0 Å². The smallest absolute Gasteiger partial charge is 0.233 e. The topological polar surface area (TPSA) is 58.1 Å². The highest BCUT2D eigenvalue weighted by Crippen LogP contribution is 2.28. The SMILES string of the molecule is Cc1cccc(Nc2nnc(SCC(=O)N3CCC[C@H](C)C3)s2)c1. The van der Waals surface area contributed by atoms with Crippen LogP contribution in [0.25, 0.3) is 0 Å². The molecule has 1 aliphatic heterocycles. The van der Waals surface area contributed by atoms with Gasteiger partial charge in [0.1, 0.15) is 0 Å². The summed E-state index contributed by atoms with van der Waals surface area (Å²) in [6.07, 6.45) is 2.34. The molecule has 0 spiro atoms. The molecule has 2 heterocycles. The number of anilines is 2. The van der Waals surface area contributed by atoms with Crippen LogP contribution in [0.2, 0.25) is 0 Å². The number of nitrogens with zero attached hydrogens (tertiary/aromatic N) is 3. The second-order valence-electron chi connectivity index (χ2n) is 6.24. The number of hydrogen-bond acceptors (Lipinski definition) is 6. The highest BCUT2D eigenvalue weighted by Gasteiger charge is 2.21. The van der Waals surface area contributed by atoms with E-state index < -0.39 is 0 Å². The molecule has 1 amide bonds. The lowest BCUT2D eigenvalue weighted by Crippen LogP contribution is -2.40. The monoisotopic (exact) mass is 362 g/mol. The van der Waals surface area contributed by atoms with Gasteiger partial charge in [0.05, 0.1) is 5.75 Å². The fourth-order valence-corrected chi connectivity index (χ4v) is 4.47. The number of piperidine rings is 1. The number of aryl methyl sites for hydroxylation is 1. The quantitative estimate of drug-likeness (QED) is 0.817. The van der Waals surface area contributed by atoms with Crippen molar-refractivity contribution in [3.05, 3.63) is 29.8 Å². The molecule has 1 saturated heterocycles. The third-order valence-electron chi connectivity index (χ3n) is 4.00. The number of amides is 1. The van der Waals surface area contributed by atoms with E-state index in [0.29, 0.717) is 11.7 Å². The summed E-state index contributed by atoms with van der Waals surface area (Å²) in [7, 11) is 0. The van der Waals surface area contributed by atoms with E-state index in [9.17, 15) is 4.79 Å². The molecule has 3 rings (SSSR count). The Balaban J connectivity index is 1.51. The summed E-state index contributed by atoms with van der Waals surface area (Å²) >= 11 is 2.95. The molecule has 0 saturated carbocycles. The Morgan fingerprint density at radius 1 is 1.46 bits per heavy atom. The van der Waals surface area contributed by atoms with Crippen molar-refractivity contribution in [2.45, 2.75) is 31.0 Å². The summed E-state index contributed by atoms with van der Waals surface area (Å²) in [6.45, 7) is 6.04.